The normalized spacial score (nSPS) is 22.9. The summed E-state index contributed by atoms with van der Waals surface area (Å²) in [6.45, 7) is 4.76. The summed E-state index contributed by atoms with van der Waals surface area (Å²) in [5.41, 5.74) is 6.21. The van der Waals surface area contributed by atoms with E-state index in [1.165, 1.54) is 6.07 Å². The fraction of sp³-hybridized carbons (Fsp3) is 0.538. The van der Waals surface area contributed by atoms with E-state index in [0.29, 0.717) is 12.5 Å². The minimum Gasteiger partial charge on any atom is -0.323 e. The summed E-state index contributed by atoms with van der Waals surface area (Å²) < 4.78 is 26.6. The highest BCUT2D eigenvalue weighted by Crippen LogP contribution is 2.21. The SMILES string of the molecule is CC1CCN(CC(N)c2cc(F)ccc2F)C1. The molecule has 1 aromatic carbocycles. The highest BCUT2D eigenvalue weighted by Gasteiger charge is 2.22. The molecule has 0 aromatic heterocycles. The molecule has 0 radical (unpaired) electrons. The largest absolute Gasteiger partial charge is 0.323 e. The van der Waals surface area contributed by atoms with Crippen LogP contribution in [0.25, 0.3) is 0 Å². The molecule has 2 unspecified atom stereocenters. The standard InChI is InChI=1S/C13H18F2N2/c1-9-4-5-17(7-9)8-13(16)11-6-10(14)2-3-12(11)15/h2-3,6,9,13H,4-5,7-8,16H2,1H3. The lowest BCUT2D eigenvalue weighted by Crippen LogP contribution is -2.31. The van der Waals surface area contributed by atoms with Gasteiger partial charge in [0.05, 0.1) is 0 Å². The van der Waals surface area contributed by atoms with Crippen LogP contribution in [0.4, 0.5) is 8.78 Å². The van der Waals surface area contributed by atoms with Crippen molar-refractivity contribution < 1.29 is 8.78 Å². The molecule has 2 rings (SSSR count). The van der Waals surface area contributed by atoms with E-state index in [9.17, 15) is 8.78 Å². The lowest BCUT2D eigenvalue weighted by molar-refractivity contribution is 0.303. The van der Waals surface area contributed by atoms with E-state index in [4.69, 9.17) is 5.73 Å². The molecule has 2 N–H and O–H groups in total. The maximum absolute atomic E-state index is 13.5. The predicted molar refractivity (Wildman–Crippen MR) is 63.5 cm³/mol. The van der Waals surface area contributed by atoms with Gasteiger partial charge in [-0.25, -0.2) is 8.78 Å². The molecule has 2 nitrogen and oxygen atoms in total. The number of hydrogen-bond donors (Lipinski definition) is 1. The molecular formula is C13H18F2N2. The second kappa shape index (κ2) is 5.10. The quantitative estimate of drug-likeness (QED) is 0.878. The Hall–Kier alpha value is -1.00. The molecule has 0 amide bonds. The maximum atomic E-state index is 13.5. The number of rotatable bonds is 3. The second-order valence-corrected chi connectivity index (χ2v) is 4.93. The molecule has 1 aliphatic heterocycles. The summed E-state index contributed by atoms with van der Waals surface area (Å²) in [7, 11) is 0. The molecule has 2 atom stereocenters. The molecule has 0 bridgehead atoms. The van der Waals surface area contributed by atoms with Gasteiger partial charge in [0.25, 0.3) is 0 Å². The van der Waals surface area contributed by atoms with Crippen LogP contribution < -0.4 is 5.73 Å². The third-order valence-corrected chi connectivity index (χ3v) is 3.32. The molecule has 1 aromatic rings. The van der Waals surface area contributed by atoms with Gasteiger partial charge < -0.3 is 10.6 Å². The summed E-state index contributed by atoms with van der Waals surface area (Å²) in [6, 6.07) is 2.98. The van der Waals surface area contributed by atoms with Crippen LogP contribution in [0.1, 0.15) is 24.9 Å². The Morgan fingerprint density at radius 2 is 2.24 bits per heavy atom. The lowest BCUT2D eigenvalue weighted by Gasteiger charge is -2.21. The first-order valence-electron chi connectivity index (χ1n) is 5.99. The maximum Gasteiger partial charge on any atom is 0.128 e. The topological polar surface area (TPSA) is 29.3 Å². The van der Waals surface area contributed by atoms with Crippen LogP contribution in [0.2, 0.25) is 0 Å². The Labute approximate surface area is 100 Å². The summed E-state index contributed by atoms with van der Waals surface area (Å²) in [5, 5.41) is 0. The molecule has 1 saturated heterocycles. The molecule has 94 valence electrons. The van der Waals surface area contributed by atoms with Crippen molar-refractivity contribution in [2.75, 3.05) is 19.6 Å². The molecule has 0 aliphatic carbocycles. The molecular weight excluding hydrogens is 222 g/mol. The minimum atomic E-state index is -0.462. The highest BCUT2D eigenvalue weighted by atomic mass is 19.1. The number of halogens is 2. The van der Waals surface area contributed by atoms with Gasteiger partial charge in [0, 0.05) is 24.7 Å². The van der Waals surface area contributed by atoms with Gasteiger partial charge in [-0.15, -0.1) is 0 Å². The fourth-order valence-corrected chi connectivity index (χ4v) is 2.37. The number of likely N-dealkylation sites (tertiary alicyclic amines) is 1. The zero-order valence-corrected chi connectivity index (χ0v) is 10.00. The van der Waals surface area contributed by atoms with E-state index >= 15 is 0 Å². The Kier molecular flexibility index (Phi) is 3.74. The first-order chi connectivity index (χ1) is 8.06. The Morgan fingerprint density at radius 3 is 2.88 bits per heavy atom. The smallest absolute Gasteiger partial charge is 0.128 e. The zero-order valence-electron chi connectivity index (χ0n) is 10.00. The van der Waals surface area contributed by atoms with Crippen LogP contribution in [0, 0.1) is 17.6 Å². The lowest BCUT2D eigenvalue weighted by atomic mass is 10.1. The molecule has 1 heterocycles. The molecule has 0 spiro atoms. The third-order valence-electron chi connectivity index (χ3n) is 3.32. The second-order valence-electron chi connectivity index (χ2n) is 4.93. The third kappa shape index (κ3) is 3.01. The average Bonchev–Trinajstić information content (AvgIpc) is 2.67. The molecule has 1 aliphatic rings. The van der Waals surface area contributed by atoms with Crippen molar-refractivity contribution in [3.05, 3.63) is 35.4 Å². The number of hydrogen-bond acceptors (Lipinski definition) is 2. The van der Waals surface area contributed by atoms with Crippen molar-refractivity contribution in [1.82, 2.24) is 4.90 Å². The van der Waals surface area contributed by atoms with Crippen LogP contribution in [-0.4, -0.2) is 24.5 Å². The van der Waals surface area contributed by atoms with Crippen LogP contribution in [0.15, 0.2) is 18.2 Å². The molecule has 1 fully saturated rings. The number of nitrogens with zero attached hydrogens (tertiary/aromatic N) is 1. The average molecular weight is 240 g/mol. The highest BCUT2D eigenvalue weighted by molar-refractivity contribution is 5.22. The molecule has 0 saturated carbocycles. The van der Waals surface area contributed by atoms with Gasteiger partial charge in [-0.05, 0) is 37.1 Å². The van der Waals surface area contributed by atoms with E-state index in [1.807, 2.05) is 0 Å². The first kappa shape index (κ1) is 12.5. The summed E-state index contributed by atoms with van der Waals surface area (Å²) in [5.74, 6) is -0.197. The molecule has 4 heteroatoms. The van der Waals surface area contributed by atoms with Gasteiger partial charge in [0.15, 0.2) is 0 Å². The van der Waals surface area contributed by atoms with E-state index in [-0.39, 0.29) is 5.56 Å². The van der Waals surface area contributed by atoms with E-state index < -0.39 is 17.7 Å². The van der Waals surface area contributed by atoms with Crippen molar-refractivity contribution in [2.24, 2.45) is 11.7 Å². The van der Waals surface area contributed by atoms with Crippen molar-refractivity contribution >= 4 is 0 Å². The van der Waals surface area contributed by atoms with Crippen molar-refractivity contribution in [2.45, 2.75) is 19.4 Å². The first-order valence-corrected chi connectivity index (χ1v) is 5.99. The summed E-state index contributed by atoms with van der Waals surface area (Å²) >= 11 is 0. The summed E-state index contributed by atoms with van der Waals surface area (Å²) in [4.78, 5) is 2.21. The minimum absolute atomic E-state index is 0.268. The van der Waals surface area contributed by atoms with Crippen LogP contribution >= 0.6 is 0 Å². The van der Waals surface area contributed by atoms with Gasteiger partial charge >= 0.3 is 0 Å². The molecule has 17 heavy (non-hydrogen) atoms. The van der Waals surface area contributed by atoms with Gasteiger partial charge in [0.2, 0.25) is 0 Å². The zero-order chi connectivity index (χ0) is 12.4. The van der Waals surface area contributed by atoms with Crippen LogP contribution in [0.5, 0.6) is 0 Å². The van der Waals surface area contributed by atoms with Crippen molar-refractivity contribution in [3.63, 3.8) is 0 Å². The van der Waals surface area contributed by atoms with E-state index in [2.05, 4.69) is 11.8 Å². The predicted octanol–water partition coefficient (Wildman–Crippen LogP) is 2.31. The van der Waals surface area contributed by atoms with E-state index in [0.717, 1.165) is 31.6 Å². The van der Waals surface area contributed by atoms with Gasteiger partial charge in [-0.2, -0.15) is 0 Å². The monoisotopic (exact) mass is 240 g/mol. The Balaban J connectivity index is 2.04. The van der Waals surface area contributed by atoms with Gasteiger partial charge in [-0.3, -0.25) is 0 Å². The Morgan fingerprint density at radius 1 is 1.47 bits per heavy atom. The number of nitrogens with two attached hydrogens (primary N) is 1. The van der Waals surface area contributed by atoms with E-state index in [1.54, 1.807) is 0 Å². The van der Waals surface area contributed by atoms with Crippen molar-refractivity contribution in [1.29, 1.82) is 0 Å². The van der Waals surface area contributed by atoms with Gasteiger partial charge in [0.1, 0.15) is 11.6 Å². The van der Waals surface area contributed by atoms with Crippen LogP contribution in [-0.2, 0) is 0 Å². The van der Waals surface area contributed by atoms with Crippen LogP contribution in [0.3, 0.4) is 0 Å². The van der Waals surface area contributed by atoms with Crippen molar-refractivity contribution in [3.8, 4) is 0 Å². The van der Waals surface area contributed by atoms with Gasteiger partial charge in [-0.1, -0.05) is 6.92 Å². The fourth-order valence-electron chi connectivity index (χ4n) is 2.37. The summed E-state index contributed by atoms with van der Waals surface area (Å²) in [6.07, 6.45) is 1.15. The Bertz CT molecular complexity index is 395. The number of benzene rings is 1.